The predicted molar refractivity (Wildman–Crippen MR) is 48.3 cm³/mol. The SMILES string of the molecule is CC1=CCN(CCS)C=C1. The van der Waals surface area contributed by atoms with E-state index in [0.717, 1.165) is 18.8 Å². The third kappa shape index (κ3) is 2.10. The molecule has 0 saturated heterocycles. The van der Waals surface area contributed by atoms with Crippen LogP contribution in [0.15, 0.2) is 23.9 Å². The van der Waals surface area contributed by atoms with Crippen LogP contribution < -0.4 is 0 Å². The Balaban J connectivity index is 2.37. The van der Waals surface area contributed by atoms with Gasteiger partial charge in [-0.05, 0) is 19.2 Å². The molecule has 0 spiro atoms. The van der Waals surface area contributed by atoms with Crippen molar-refractivity contribution < 1.29 is 0 Å². The predicted octanol–water partition coefficient (Wildman–Crippen LogP) is 1.69. The Morgan fingerprint density at radius 3 is 3.00 bits per heavy atom. The lowest BCUT2D eigenvalue weighted by atomic mass is 10.2. The van der Waals surface area contributed by atoms with Crippen molar-refractivity contribution in [3.8, 4) is 0 Å². The molecule has 0 bridgehead atoms. The van der Waals surface area contributed by atoms with Gasteiger partial charge in [0.05, 0.1) is 0 Å². The van der Waals surface area contributed by atoms with Crippen LogP contribution in [-0.2, 0) is 0 Å². The van der Waals surface area contributed by atoms with Crippen LogP contribution in [0.3, 0.4) is 0 Å². The van der Waals surface area contributed by atoms with Gasteiger partial charge in [-0.1, -0.05) is 11.6 Å². The maximum atomic E-state index is 4.16. The second-order valence-corrected chi connectivity index (χ2v) is 2.93. The number of allylic oxidation sites excluding steroid dienone is 2. The maximum Gasteiger partial charge on any atom is 0.0359 e. The van der Waals surface area contributed by atoms with Crippen molar-refractivity contribution >= 4 is 12.6 Å². The molecule has 0 aromatic rings. The summed E-state index contributed by atoms with van der Waals surface area (Å²) in [5, 5.41) is 0. The molecule has 0 N–H and O–H groups in total. The Kier molecular flexibility index (Phi) is 2.87. The van der Waals surface area contributed by atoms with E-state index in [1.54, 1.807) is 0 Å². The van der Waals surface area contributed by atoms with E-state index in [1.165, 1.54) is 5.57 Å². The lowest BCUT2D eigenvalue weighted by Gasteiger charge is -2.20. The fraction of sp³-hybridized carbons (Fsp3) is 0.500. The maximum absolute atomic E-state index is 4.16. The molecule has 56 valence electrons. The lowest BCUT2D eigenvalue weighted by molar-refractivity contribution is 0.438. The van der Waals surface area contributed by atoms with Gasteiger partial charge in [0.2, 0.25) is 0 Å². The third-order valence-corrected chi connectivity index (χ3v) is 1.78. The molecule has 0 atom stereocenters. The molecule has 1 aliphatic heterocycles. The molecule has 1 aliphatic rings. The van der Waals surface area contributed by atoms with Gasteiger partial charge in [-0.2, -0.15) is 12.6 Å². The molecule has 0 fully saturated rings. The summed E-state index contributed by atoms with van der Waals surface area (Å²) in [5.41, 5.74) is 1.36. The van der Waals surface area contributed by atoms with Gasteiger partial charge in [0.1, 0.15) is 0 Å². The van der Waals surface area contributed by atoms with Crippen molar-refractivity contribution in [2.45, 2.75) is 6.92 Å². The summed E-state index contributed by atoms with van der Waals surface area (Å²) >= 11 is 4.16. The number of hydrogen-bond donors (Lipinski definition) is 1. The zero-order valence-electron chi connectivity index (χ0n) is 6.25. The molecule has 0 amide bonds. The quantitative estimate of drug-likeness (QED) is 0.594. The molecule has 0 radical (unpaired) electrons. The Morgan fingerprint density at radius 2 is 2.50 bits per heavy atom. The van der Waals surface area contributed by atoms with E-state index in [9.17, 15) is 0 Å². The fourth-order valence-corrected chi connectivity index (χ4v) is 1.16. The van der Waals surface area contributed by atoms with Crippen LogP contribution in [0.25, 0.3) is 0 Å². The number of nitrogens with zero attached hydrogens (tertiary/aromatic N) is 1. The van der Waals surface area contributed by atoms with E-state index in [2.05, 4.69) is 42.8 Å². The molecule has 1 nitrogen and oxygen atoms in total. The topological polar surface area (TPSA) is 3.24 Å². The van der Waals surface area contributed by atoms with Crippen molar-refractivity contribution in [2.75, 3.05) is 18.8 Å². The highest BCUT2D eigenvalue weighted by Gasteiger charge is 1.98. The van der Waals surface area contributed by atoms with Crippen LogP contribution >= 0.6 is 12.6 Å². The monoisotopic (exact) mass is 155 g/mol. The molecule has 0 unspecified atom stereocenters. The Morgan fingerprint density at radius 1 is 1.70 bits per heavy atom. The zero-order chi connectivity index (χ0) is 7.40. The third-order valence-electron chi connectivity index (χ3n) is 1.58. The highest BCUT2D eigenvalue weighted by molar-refractivity contribution is 7.80. The van der Waals surface area contributed by atoms with Gasteiger partial charge in [0.25, 0.3) is 0 Å². The van der Waals surface area contributed by atoms with Crippen LogP contribution in [0.5, 0.6) is 0 Å². The van der Waals surface area contributed by atoms with Gasteiger partial charge >= 0.3 is 0 Å². The minimum atomic E-state index is 0.928. The van der Waals surface area contributed by atoms with E-state index in [1.807, 2.05) is 0 Å². The summed E-state index contributed by atoms with van der Waals surface area (Å²) in [6.45, 7) is 4.21. The first kappa shape index (κ1) is 7.73. The Bertz CT molecular complexity index is 161. The second kappa shape index (κ2) is 3.71. The van der Waals surface area contributed by atoms with Crippen molar-refractivity contribution in [3.63, 3.8) is 0 Å². The molecular formula is C8H13NS. The molecule has 0 aliphatic carbocycles. The minimum Gasteiger partial charge on any atom is -0.373 e. The van der Waals surface area contributed by atoms with E-state index in [-0.39, 0.29) is 0 Å². The summed E-state index contributed by atoms with van der Waals surface area (Å²) in [5.74, 6) is 0.928. The average molecular weight is 155 g/mol. The summed E-state index contributed by atoms with van der Waals surface area (Å²) in [6.07, 6.45) is 6.49. The number of rotatable bonds is 2. The molecule has 2 heteroatoms. The first-order valence-corrected chi connectivity index (χ1v) is 4.16. The summed E-state index contributed by atoms with van der Waals surface area (Å²) in [7, 11) is 0. The summed E-state index contributed by atoms with van der Waals surface area (Å²) in [4.78, 5) is 2.25. The van der Waals surface area contributed by atoms with E-state index in [0.29, 0.717) is 0 Å². The Hall–Kier alpha value is -0.370. The fourth-order valence-electron chi connectivity index (χ4n) is 0.907. The highest BCUT2D eigenvalue weighted by atomic mass is 32.1. The van der Waals surface area contributed by atoms with E-state index >= 15 is 0 Å². The smallest absolute Gasteiger partial charge is 0.0359 e. The molecule has 0 aromatic heterocycles. The van der Waals surface area contributed by atoms with Crippen molar-refractivity contribution in [2.24, 2.45) is 0 Å². The van der Waals surface area contributed by atoms with Gasteiger partial charge in [0.15, 0.2) is 0 Å². The highest BCUT2D eigenvalue weighted by Crippen LogP contribution is 2.04. The van der Waals surface area contributed by atoms with Gasteiger partial charge < -0.3 is 4.90 Å². The van der Waals surface area contributed by atoms with Gasteiger partial charge in [-0.15, -0.1) is 0 Å². The van der Waals surface area contributed by atoms with E-state index < -0.39 is 0 Å². The largest absolute Gasteiger partial charge is 0.373 e. The van der Waals surface area contributed by atoms with Crippen molar-refractivity contribution in [1.82, 2.24) is 4.90 Å². The van der Waals surface area contributed by atoms with Gasteiger partial charge in [0, 0.05) is 18.8 Å². The first-order valence-electron chi connectivity index (χ1n) is 3.53. The number of hydrogen-bond acceptors (Lipinski definition) is 2. The van der Waals surface area contributed by atoms with E-state index in [4.69, 9.17) is 0 Å². The molecular weight excluding hydrogens is 142 g/mol. The lowest BCUT2D eigenvalue weighted by Crippen LogP contribution is -2.21. The molecule has 1 heterocycles. The van der Waals surface area contributed by atoms with Crippen LogP contribution in [0.1, 0.15) is 6.92 Å². The first-order chi connectivity index (χ1) is 4.83. The Labute approximate surface area is 67.8 Å². The molecule has 10 heavy (non-hydrogen) atoms. The van der Waals surface area contributed by atoms with Crippen LogP contribution in [-0.4, -0.2) is 23.7 Å². The standard InChI is InChI=1S/C8H13NS/c1-8-2-4-9(5-3-8)6-7-10/h2-4,10H,5-7H2,1H3. The van der Waals surface area contributed by atoms with Crippen LogP contribution in [0.2, 0.25) is 0 Å². The van der Waals surface area contributed by atoms with Gasteiger partial charge in [-0.3, -0.25) is 0 Å². The van der Waals surface area contributed by atoms with Crippen molar-refractivity contribution in [1.29, 1.82) is 0 Å². The average Bonchev–Trinajstić information content (AvgIpc) is 1.95. The molecule has 0 saturated carbocycles. The molecule has 1 rings (SSSR count). The van der Waals surface area contributed by atoms with Crippen LogP contribution in [0, 0.1) is 0 Å². The second-order valence-electron chi connectivity index (χ2n) is 2.48. The van der Waals surface area contributed by atoms with Crippen molar-refractivity contribution in [3.05, 3.63) is 23.9 Å². The zero-order valence-corrected chi connectivity index (χ0v) is 7.14. The summed E-state index contributed by atoms with van der Waals surface area (Å²) < 4.78 is 0. The normalized spacial score (nSPS) is 17.4. The number of thiol groups is 1. The van der Waals surface area contributed by atoms with Gasteiger partial charge in [-0.25, -0.2) is 0 Å². The molecule has 0 aromatic carbocycles. The van der Waals surface area contributed by atoms with Crippen LogP contribution in [0.4, 0.5) is 0 Å². The summed E-state index contributed by atoms with van der Waals surface area (Å²) in [6, 6.07) is 0. The minimum absolute atomic E-state index is 0.928.